The third-order valence-corrected chi connectivity index (χ3v) is 4.90. The molecule has 1 aliphatic heterocycles. The highest BCUT2D eigenvalue weighted by atomic mass is 35.5. The van der Waals surface area contributed by atoms with E-state index in [0.29, 0.717) is 24.8 Å². The van der Waals surface area contributed by atoms with Crippen molar-refractivity contribution in [2.45, 2.75) is 39.6 Å². The van der Waals surface area contributed by atoms with Crippen molar-refractivity contribution in [3.8, 4) is 0 Å². The van der Waals surface area contributed by atoms with E-state index in [1.165, 1.54) is 5.69 Å². The van der Waals surface area contributed by atoms with Crippen LogP contribution in [0.4, 0.5) is 0 Å². The molecule has 0 saturated carbocycles. The summed E-state index contributed by atoms with van der Waals surface area (Å²) in [5.41, 5.74) is 3.28. The minimum atomic E-state index is -0.517. The third-order valence-electron chi connectivity index (χ3n) is 4.54. The summed E-state index contributed by atoms with van der Waals surface area (Å²) in [5.74, 6) is 1.08. The number of aromatic nitrogens is 2. The highest BCUT2D eigenvalue weighted by Crippen LogP contribution is 2.18. The Morgan fingerprint density at radius 2 is 2.08 bits per heavy atom. The lowest BCUT2D eigenvalue weighted by atomic mass is 10.2. The number of imidazole rings is 1. The molecule has 1 unspecified atom stereocenters. The van der Waals surface area contributed by atoms with E-state index in [9.17, 15) is 5.11 Å². The van der Waals surface area contributed by atoms with Crippen molar-refractivity contribution in [1.82, 2.24) is 14.5 Å². The van der Waals surface area contributed by atoms with E-state index < -0.39 is 6.10 Å². The van der Waals surface area contributed by atoms with Gasteiger partial charge in [0.1, 0.15) is 5.82 Å². The Hall–Kier alpha value is -1.40. The van der Waals surface area contributed by atoms with Crippen LogP contribution in [0.1, 0.15) is 22.8 Å². The fraction of sp³-hybridized carbons (Fsp3) is 0.500. The number of β-amino-alcohol motifs (C(OH)–C–C–N with tert-alkyl or cyclic N) is 1. The second kappa shape index (κ2) is 7.66. The van der Waals surface area contributed by atoms with Crippen LogP contribution in [0.2, 0.25) is 5.02 Å². The fourth-order valence-electron chi connectivity index (χ4n) is 3.09. The quantitative estimate of drug-likeness (QED) is 0.870. The lowest BCUT2D eigenvalue weighted by Gasteiger charge is -2.29. The van der Waals surface area contributed by atoms with E-state index in [-0.39, 0.29) is 0 Å². The third kappa shape index (κ3) is 3.98. The Balaban J connectivity index is 1.46. The maximum Gasteiger partial charge on any atom is 0.123 e. The molecule has 2 heterocycles. The summed E-state index contributed by atoms with van der Waals surface area (Å²) >= 11 is 6.10. The Morgan fingerprint density at radius 1 is 1.29 bits per heavy atom. The zero-order valence-electron chi connectivity index (χ0n) is 14.2. The average Bonchev–Trinajstić information content (AvgIpc) is 2.83. The van der Waals surface area contributed by atoms with Crippen molar-refractivity contribution in [2.75, 3.05) is 19.7 Å². The van der Waals surface area contributed by atoms with Gasteiger partial charge in [-0.2, -0.15) is 0 Å². The van der Waals surface area contributed by atoms with E-state index in [1.54, 1.807) is 0 Å². The van der Waals surface area contributed by atoms with Gasteiger partial charge >= 0.3 is 0 Å². The maximum absolute atomic E-state index is 10.2. The molecule has 0 aliphatic carbocycles. The van der Waals surface area contributed by atoms with Crippen LogP contribution in [0.5, 0.6) is 0 Å². The predicted octanol–water partition coefficient (Wildman–Crippen LogP) is 2.55. The molecule has 0 fully saturated rings. The number of aryl methyl sites for hydroxylation is 1. The van der Waals surface area contributed by atoms with E-state index in [4.69, 9.17) is 16.3 Å². The van der Waals surface area contributed by atoms with Crippen LogP contribution in [0.15, 0.2) is 24.3 Å². The van der Waals surface area contributed by atoms with Gasteiger partial charge in [0, 0.05) is 30.4 Å². The van der Waals surface area contributed by atoms with Gasteiger partial charge in [-0.3, -0.25) is 4.90 Å². The van der Waals surface area contributed by atoms with E-state index in [2.05, 4.69) is 21.4 Å². The Morgan fingerprint density at radius 3 is 2.88 bits per heavy atom. The topological polar surface area (TPSA) is 50.5 Å². The van der Waals surface area contributed by atoms with Gasteiger partial charge in [-0.25, -0.2) is 4.98 Å². The average molecular weight is 350 g/mol. The fourth-order valence-corrected chi connectivity index (χ4v) is 3.28. The number of hydrogen-bond acceptors (Lipinski definition) is 4. The van der Waals surface area contributed by atoms with Gasteiger partial charge in [-0.15, -0.1) is 0 Å². The molecular weight excluding hydrogens is 326 g/mol. The number of rotatable bonds is 6. The first-order chi connectivity index (χ1) is 11.5. The minimum absolute atomic E-state index is 0.300. The molecule has 130 valence electrons. The molecule has 6 heteroatoms. The second-order valence-corrected chi connectivity index (χ2v) is 6.75. The standard InChI is InChI=1S/C18H24ClN3O2/c1-13-14(2)22-8-7-21(10-18(22)20-13)9-16(23)12-24-11-15-5-3-4-6-17(15)19/h3-6,16,23H,7-12H2,1-2H3. The van der Waals surface area contributed by atoms with E-state index in [1.807, 2.05) is 31.2 Å². The summed E-state index contributed by atoms with van der Waals surface area (Å²) in [7, 11) is 0. The van der Waals surface area contributed by atoms with Gasteiger partial charge in [0.15, 0.2) is 0 Å². The Bertz CT molecular complexity index is 702. The Labute approximate surface area is 147 Å². The van der Waals surface area contributed by atoms with Gasteiger partial charge in [-0.1, -0.05) is 29.8 Å². The molecule has 1 aromatic heterocycles. The van der Waals surface area contributed by atoms with Crippen LogP contribution < -0.4 is 0 Å². The number of aliphatic hydroxyl groups excluding tert-OH is 1. The number of ether oxygens (including phenoxy) is 1. The van der Waals surface area contributed by atoms with Crippen LogP contribution in [0, 0.1) is 13.8 Å². The van der Waals surface area contributed by atoms with Crippen LogP contribution >= 0.6 is 11.6 Å². The molecule has 5 nitrogen and oxygen atoms in total. The van der Waals surface area contributed by atoms with E-state index >= 15 is 0 Å². The smallest absolute Gasteiger partial charge is 0.123 e. The first kappa shape index (κ1) is 17.4. The summed E-state index contributed by atoms with van der Waals surface area (Å²) in [6, 6.07) is 7.60. The largest absolute Gasteiger partial charge is 0.389 e. The number of aliphatic hydroxyl groups is 1. The van der Waals surface area contributed by atoms with Crippen molar-refractivity contribution in [3.63, 3.8) is 0 Å². The molecule has 3 rings (SSSR count). The molecule has 0 radical (unpaired) electrons. The molecule has 1 aromatic carbocycles. The molecule has 24 heavy (non-hydrogen) atoms. The summed E-state index contributed by atoms with van der Waals surface area (Å²) in [6.07, 6.45) is -0.517. The highest BCUT2D eigenvalue weighted by Gasteiger charge is 2.22. The van der Waals surface area contributed by atoms with Crippen LogP contribution in [-0.4, -0.2) is 45.4 Å². The summed E-state index contributed by atoms with van der Waals surface area (Å²) in [5, 5.41) is 10.9. The van der Waals surface area contributed by atoms with Crippen molar-refractivity contribution in [1.29, 1.82) is 0 Å². The zero-order chi connectivity index (χ0) is 17.1. The minimum Gasteiger partial charge on any atom is -0.389 e. The molecule has 1 aliphatic rings. The number of hydrogen-bond donors (Lipinski definition) is 1. The van der Waals surface area contributed by atoms with Crippen LogP contribution in [0.25, 0.3) is 0 Å². The second-order valence-electron chi connectivity index (χ2n) is 6.35. The normalized spacial score (nSPS) is 16.2. The number of nitrogens with zero attached hydrogens (tertiary/aromatic N) is 3. The van der Waals surface area contributed by atoms with Crippen LogP contribution in [0.3, 0.4) is 0 Å². The van der Waals surface area contributed by atoms with Gasteiger partial charge in [0.2, 0.25) is 0 Å². The SMILES string of the molecule is Cc1nc2n(c1C)CCN(CC(O)COCc1ccccc1Cl)C2. The molecule has 0 bridgehead atoms. The van der Waals surface area contributed by atoms with Gasteiger partial charge in [-0.05, 0) is 25.5 Å². The molecular formula is C18H24ClN3O2. The first-order valence-electron chi connectivity index (χ1n) is 8.28. The van der Waals surface area contributed by atoms with Gasteiger partial charge in [0.25, 0.3) is 0 Å². The van der Waals surface area contributed by atoms with Crippen molar-refractivity contribution in [2.24, 2.45) is 0 Å². The predicted molar refractivity (Wildman–Crippen MR) is 94.1 cm³/mol. The lowest BCUT2D eigenvalue weighted by molar-refractivity contribution is 0.00539. The maximum atomic E-state index is 10.2. The molecule has 0 spiro atoms. The lowest BCUT2D eigenvalue weighted by Crippen LogP contribution is -2.40. The molecule has 1 atom stereocenters. The molecule has 0 amide bonds. The number of fused-ring (bicyclic) bond motifs is 1. The Kier molecular flexibility index (Phi) is 5.56. The number of halogens is 1. The summed E-state index contributed by atoms with van der Waals surface area (Å²) in [6.45, 7) is 8.08. The number of benzene rings is 1. The van der Waals surface area contributed by atoms with Gasteiger partial charge in [0.05, 0.1) is 31.6 Å². The summed E-state index contributed by atoms with van der Waals surface area (Å²) in [4.78, 5) is 6.84. The van der Waals surface area contributed by atoms with Crippen molar-refractivity contribution >= 4 is 11.6 Å². The van der Waals surface area contributed by atoms with Crippen LogP contribution in [-0.2, 0) is 24.4 Å². The molecule has 0 saturated heterocycles. The zero-order valence-corrected chi connectivity index (χ0v) is 15.0. The van der Waals surface area contributed by atoms with Gasteiger partial charge < -0.3 is 14.4 Å². The first-order valence-corrected chi connectivity index (χ1v) is 8.66. The summed E-state index contributed by atoms with van der Waals surface area (Å²) < 4.78 is 7.88. The molecule has 2 aromatic rings. The monoisotopic (exact) mass is 349 g/mol. The van der Waals surface area contributed by atoms with E-state index in [0.717, 1.165) is 36.7 Å². The molecule has 1 N–H and O–H groups in total. The van der Waals surface area contributed by atoms with Crippen molar-refractivity contribution < 1.29 is 9.84 Å². The highest BCUT2D eigenvalue weighted by molar-refractivity contribution is 6.31. The van der Waals surface area contributed by atoms with Crippen molar-refractivity contribution in [3.05, 3.63) is 52.1 Å².